The Morgan fingerprint density at radius 2 is 2.22 bits per heavy atom. The zero-order chi connectivity index (χ0) is 16.6. The standard InChI is InChI=1S/C17H21N3O3/c1-11-4-2-5-13-15(11)12(9-19-13)8-14(21)20-7-3-6-17(23,10-20)16(18)22/h2,4-5,9,19,23H,3,6-8,10H2,1H3,(H2,18,22). The number of carbonyl (C=O) groups is 2. The molecule has 1 atom stereocenters. The maximum absolute atomic E-state index is 12.6. The number of aromatic amines is 1. The van der Waals surface area contributed by atoms with Gasteiger partial charge in [0.2, 0.25) is 5.91 Å². The molecular weight excluding hydrogens is 294 g/mol. The van der Waals surface area contributed by atoms with Gasteiger partial charge in [0.05, 0.1) is 13.0 Å². The Balaban J connectivity index is 1.80. The number of piperidine rings is 1. The molecule has 6 heteroatoms. The summed E-state index contributed by atoms with van der Waals surface area (Å²) in [7, 11) is 0. The third kappa shape index (κ3) is 2.82. The minimum Gasteiger partial charge on any atom is -0.378 e. The molecule has 3 rings (SSSR count). The largest absolute Gasteiger partial charge is 0.378 e. The van der Waals surface area contributed by atoms with Crippen molar-refractivity contribution in [3.8, 4) is 0 Å². The lowest BCUT2D eigenvalue weighted by atomic mass is 9.92. The fraction of sp³-hybridized carbons (Fsp3) is 0.412. The van der Waals surface area contributed by atoms with Gasteiger partial charge in [0.1, 0.15) is 0 Å². The summed E-state index contributed by atoms with van der Waals surface area (Å²) in [5.41, 5.74) is 6.69. The van der Waals surface area contributed by atoms with Crippen molar-refractivity contribution in [1.29, 1.82) is 0 Å². The van der Waals surface area contributed by atoms with Gasteiger partial charge in [0.25, 0.3) is 5.91 Å². The number of amides is 2. The van der Waals surface area contributed by atoms with Gasteiger partial charge < -0.3 is 20.7 Å². The molecular formula is C17H21N3O3. The van der Waals surface area contributed by atoms with Crippen LogP contribution in [-0.4, -0.2) is 45.5 Å². The van der Waals surface area contributed by atoms with E-state index < -0.39 is 11.5 Å². The van der Waals surface area contributed by atoms with E-state index in [0.29, 0.717) is 19.4 Å². The molecule has 4 N–H and O–H groups in total. The number of aliphatic hydroxyl groups is 1. The van der Waals surface area contributed by atoms with Crippen LogP contribution >= 0.6 is 0 Å². The Hall–Kier alpha value is -2.34. The molecule has 1 unspecified atom stereocenters. The second kappa shape index (κ2) is 5.70. The third-order valence-corrected chi connectivity index (χ3v) is 4.62. The van der Waals surface area contributed by atoms with Gasteiger partial charge in [-0.3, -0.25) is 9.59 Å². The van der Waals surface area contributed by atoms with E-state index in [1.165, 1.54) is 4.90 Å². The summed E-state index contributed by atoms with van der Waals surface area (Å²) in [4.78, 5) is 28.7. The summed E-state index contributed by atoms with van der Waals surface area (Å²) in [6.45, 7) is 2.52. The summed E-state index contributed by atoms with van der Waals surface area (Å²) in [6, 6.07) is 5.96. The van der Waals surface area contributed by atoms with E-state index in [-0.39, 0.29) is 18.9 Å². The molecule has 2 heterocycles. The highest BCUT2D eigenvalue weighted by molar-refractivity contribution is 5.91. The summed E-state index contributed by atoms with van der Waals surface area (Å²) < 4.78 is 0. The second-order valence-electron chi connectivity index (χ2n) is 6.30. The van der Waals surface area contributed by atoms with E-state index in [9.17, 15) is 14.7 Å². The number of rotatable bonds is 3. The molecule has 122 valence electrons. The summed E-state index contributed by atoms with van der Waals surface area (Å²) in [6.07, 6.45) is 2.95. The first-order chi connectivity index (χ1) is 10.9. The third-order valence-electron chi connectivity index (χ3n) is 4.62. The fourth-order valence-electron chi connectivity index (χ4n) is 3.32. The van der Waals surface area contributed by atoms with Crippen molar-refractivity contribution in [2.75, 3.05) is 13.1 Å². The number of β-amino-alcohol motifs (C(OH)–C–C–N with tert-alkyl or cyclic N) is 1. The van der Waals surface area contributed by atoms with Crippen LogP contribution in [0, 0.1) is 6.92 Å². The van der Waals surface area contributed by atoms with E-state index >= 15 is 0 Å². The van der Waals surface area contributed by atoms with E-state index in [4.69, 9.17) is 5.73 Å². The van der Waals surface area contributed by atoms with Gasteiger partial charge in [-0.05, 0) is 37.0 Å². The molecule has 6 nitrogen and oxygen atoms in total. The Bertz CT molecular complexity index is 768. The van der Waals surface area contributed by atoms with Crippen LogP contribution in [0.5, 0.6) is 0 Å². The number of aryl methyl sites for hydroxylation is 1. The SMILES string of the molecule is Cc1cccc2[nH]cc(CC(=O)N3CCCC(O)(C(N)=O)C3)c12. The molecule has 1 aliphatic heterocycles. The number of nitrogens with one attached hydrogen (secondary N) is 1. The molecule has 2 amide bonds. The normalized spacial score (nSPS) is 21.6. The van der Waals surface area contributed by atoms with Gasteiger partial charge in [-0.2, -0.15) is 0 Å². The summed E-state index contributed by atoms with van der Waals surface area (Å²) >= 11 is 0. The van der Waals surface area contributed by atoms with Gasteiger partial charge >= 0.3 is 0 Å². The highest BCUT2D eigenvalue weighted by Crippen LogP contribution is 2.25. The number of hydrogen-bond acceptors (Lipinski definition) is 3. The number of aromatic nitrogens is 1. The van der Waals surface area contributed by atoms with E-state index in [1.807, 2.05) is 31.3 Å². The van der Waals surface area contributed by atoms with Crippen LogP contribution in [0.15, 0.2) is 24.4 Å². The highest BCUT2D eigenvalue weighted by atomic mass is 16.3. The van der Waals surface area contributed by atoms with E-state index in [0.717, 1.165) is 22.0 Å². The lowest BCUT2D eigenvalue weighted by molar-refractivity contribution is -0.148. The number of nitrogens with zero attached hydrogens (tertiary/aromatic N) is 1. The number of carbonyl (C=O) groups excluding carboxylic acids is 2. The molecule has 2 aromatic rings. The van der Waals surface area contributed by atoms with Crippen molar-refractivity contribution >= 4 is 22.7 Å². The van der Waals surface area contributed by atoms with Crippen molar-refractivity contribution in [2.24, 2.45) is 5.73 Å². The zero-order valence-corrected chi connectivity index (χ0v) is 13.1. The lowest BCUT2D eigenvalue weighted by Crippen LogP contribution is -2.57. The fourth-order valence-corrected chi connectivity index (χ4v) is 3.32. The predicted octanol–water partition coefficient (Wildman–Crippen LogP) is 0.858. The van der Waals surface area contributed by atoms with E-state index in [1.54, 1.807) is 0 Å². The van der Waals surface area contributed by atoms with Crippen LogP contribution in [0.4, 0.5) is 0 Å². The number of primary amides is 1. The number of likely N-dealkylation sites (tertiary alicyclic amines) is 1. The van der Waals surface area contributed by atoms with Crippen molar-refractivity contribution < 1.29 is 14.7 Å². The molecule has 0 radical (unpaired) electrons. The quantitative estimate of drug-likeness (QED) is 0.783. The van der Waals surface area contributed by atoms with Crippen molar-refractivity contribution in [2.45, 2.75) is 31.8 Å². The molecule has 1 saturated heterocycles. The Labute approximate surface area is 134 Å². The predicted molar refractivity (Wildman–Crippen MR) is 86.7 cm³/mol. The van der Waals surface area contributed by atoms with Crippen LogP contribution in [-0.2, 0) is 16.0 Å². The first-order valence-electron chi connectivity index (χ1n) is 7.76. The van der Waals surface area contributed by atoms with E-state index in [2.05, 4.69) is 4.98 Å². The number of H-pyrrole nitrogens is 1. The molecule has 0 bridgehead atoms. The van der Waals surface area contributed by atoms with Crippen molar-refractivity contribution in [3.63, 3.8) is 0 Å². The summed E-state index contributed by atoms with van der Waals surface area (Å²) in [5.74, 6) is -0.869. The Morgan fingerprint density at radius 1 is 1.43 bits per heavy atom. The zero-order valence-electron chi connectivity index (χ0n) is 13.1. The molecule has 0 saturated carbocycles. The van der Waals surface area contributed by atoms with Gasteiger partial charge in [0.15, 0.2) is 5.60 Å². The molecule has 1 aromatic heterocycles. The first-order valence-corrected chi connectivity index (χ1v) is 7.76. The van der Waals surface area contributed by atoms with Crippen LogP contribution in [0.25, 0.3) is 10.9 Å². The molecule has 1 aliphatic rings. The van der Waals surface area contributed by atoms with Crippen LogP contribution in [0.3, 0.4) is 0 Å². The smallest absolute Gasteiger partial charge is 0.251 e. The van der Waals surface area contributed by atoms with Gasteiger partial charge in [-0.1, -0.05) is 12.1 Å². The van der Waals surface area contributed by atoms with Crippen LogP contribution < -0.4 is 5.73 Å². The number of fused-ring (bicyclic) bond motifs is 1. The minimum absolute atomic E-state index is 0.0253. The minimum atomic E-state index is -1.61. The number of benzene rings is 1. The molecule has 23 heavy (non-hydrogen) atoms. The van der Waals surface area contributed by atoms with Crippen LogP contribution in [0.2, 0.25) is 0 Å². The molecule has 0 spiro atoms. The lowest BCUT2D eigenvalue weighted by Gasteiger charge is -2.37. The number of hydrogen-bond donors (Lipinski definition) is 3. The molecule has 1 fully saturated rings. The van der Waals surface area contributed by atoms with Gasteiger partial charge in [-0.25, -0.2) is 0 Å². The first kappa shape index (κ1) is 15.6. The van der Waals surface area contributed by atoms with Crippen molar-refractivity contribution in [3.05, 3.63) is 35.5 Å². The van der Waals surface area contributed by atoms with Crippen molar-refractivity contribution in [1.82, 2.24) is 9.88 Å². The van der Waals surface area contributed by atoms with Gasteiger partial charge in [0, 0.05) is 23.6 Å². The Morgan fingerprint density at radius 3 is 2.96 bits per heavy atom. The summed E-state index contributed by atoms with van der Waals surface area (Å²) in [5, 5.41) is 11.3. The maximum Gasteiger partial charge on any atom is 0.251 e. The topological polar surface area (TPSA) is 99.4 Å². The van der Waals surface area contributed by atoms with Crippen LogP contribution in [0.1, 0.15) is 24.0 Å². The molecule has 1 aromatic carbocycles. The second-order valence-corrected chi connectivity index (χ2v) is 6.30. The average molecular weight is 315 g/mol. The average Bonchev–Trinajstić information content (AvgIpc) is 2.91. The molecule has 0 aliphatic carbocycles. The van der Waals surface area contributed by atoms with Gasteiger partial charge in [-0.15, -0.1) is 0 Å². The number of nitrogens with two attached hydrogens (primary N) is 1. The highest BCUT2D eigenvalue weighted by Gasteiger charge is 2.40. The monoisotopic (exact) mass is 315 g/mol. The Kier molecular flexibility index (Phi) is 3.85. The maximum atomic E-state index is 12.6.